The summed E-state index contributed by atoms with van der Waals surface area (Å²) >= 11 is 0. The first-order valence-electron chi connectivity index (χ1n) is 4.75. The summed E-state index contributed by atoms with van der Waals surface area (Å²) in [5.41, 5.74) is 15.0. The Bertz CT molecular complexity index is 292. The van der Waals surface area contributed by atoms with Crippen molar-refractivity contribution >= 4 is 11.4 Å². The maximum Gasteiger partial charge on any atom is 0.0781 e. The van der Waals surface area contributed by atoms with Crippen molar-refractivity contribution in [3.63, 3.8) is 0 Å². The molecule has 0 radical (unpaired) electrons. The molecule has 3 nitrogen and oxygen atoms in total. The molecule has 1 saturated heterocycles. The summed E-state index contributed by atoms with van der Waals surface area (Å²) in [6.45, 7) is 6.94. The third kappa shape index (κ3) is 2.92. The van der Waals surface area contributed by atoms with Crippen LogP contribution in [0.2, 0.25) is 0 Å². The monoisotopic (exact) mass is 194 g/mol. The van der Waals surface area contributed by atoms with E-state index in [2.05, 4.69) is 6.92 Å². The van der Waals surface area contributed by atoms with E-state index in [9.17, 15) is 0 Å². The normalized spacial score (nSPS) is 18.4. The van der Waals surface area contributed by atoms with Crippen molar-refractivity contribution in [3.05, 3.63) is 23.3 Å². The Morgan fingerprint density at radius 3 is 2.14 bits per heavy atom. The Labute approximate surface area is 85.0 Å². The van der Waals surface area contributed by atoms with Gasteiger partial charge in [0.15, 0.2) is 0 Å². The Balaban J connectivity index is 0.000000203. The van der Waals surface area contributed by atoms with Gasteiger partial charge < -0.3 is 16.2 Å². The fraction of sp³-hybridized carbons (Fsp3) is 0.455. The molecule has 14 heavy (non-hydrogen) atoms. The van der Waals surface area contributed by atoms with Crippen molar-refractivity contribution in [2.24, 2.45) is 0 Å². The van der Waals surface area contributed by atoms with Crippen molar-refractivity contribution < 1.29 is 4.74 Å². The van der Waals surface area contributed by atoms with Gasteiger partial charge in [-0.1, -0.05) is 6.07 Å². The van der Waals surface area contributed by atoms with E-state index in [0.717, 1.165) is 29.1 Å². The maximum absolute atomic E-state index is 5.70. The minimum absolute atomic E-state index is 0.583. The SMILES string of the molecule is CC1CO1.Cc1ccc(N)c(C)c1N. The van der Waals surface area contributed by atoms with E-state index in [-0.39, 0.29) is 0 Å². The van der Waals surface area contributed by atoms with Crippen LogP contribution in [0, 0.1) is 13.8 Å². The lowest BCUT2D eigenvalue weighted by Crippen LogP contribution is -1.97. The summed E-state index contributed by atoms with van der Waals surface area (Å²) in [6, 6.07) is 3.80. The molecule has 0 amide bonds. The minimum atomic E-state index is 0.583. The zero-order valence-corrected chi connectivity index (χ0v) is 9.00. The third-order valence-corrected chi connectivity index (χ3v) is 2.27. The predicted octanol–water partition coefficient (Wildman–Crippen LogP) is 1.87. The summed E-state index contributed by atoms with van der Waals surface area (Å²) < 4.78 is 4.71. The Kier molecular flexibility index (Phi) is 3.36. The number of aryl methyl sites for hydroxylation is 1. The molecule has 0 spiro atoms. The highest BCUT2D eigenvalue weighted by atomic mass is 16.6. The molecule has 1 fully saturated rings. The highest BCUT2D eigenvalue weighted by molar-refractivity contribution is 5.64. The van der Waals surface area contributed by atoms with Gasteiger partial charge in [-0.05, 0) is 38.0 Å². The van der Waals surface area contributed by atoms with Gasteiger partial charge in [0.05, 0.1) is 12.7 Å². The van der Waals surface area contributed by atoms with Crippen LogP contribution in [0.1, 0.15) is 18.1 Å². The lowest BCUT2D eigenvalue weighted by Gasteiger charge is -2.05. The number of benzene rings is 1. The van der Waals surface area contributed by atoms with Crippen LogP contribution in [0.3, 0.4) is 0 Å². The third-order valence-electron chi connectivity index (χ3n) is 2.27. The highest BCUT2D eigenvalue weighted by Gasteiger charge is 2.13. The number of hydrogen-bond acceptors (Lipinski definition) is 3. The first-order chi connectivity index (χ1) is 6.52. The molecule has 2 rings (SSSR count). The summed E-state index contributed by atoms with van der Waals surface area (Å²) in [5.74, 6) is 0. The molecule has 0 aliphatic carbocycles. The lowest BCUT2D eigenvalue weighted by molar-refractivity contribution is 0.423. The number of nitrogens with two attached hydrogens (primary N) is 2. The average molecular weight is 194 g/mol. The lowest BCUT2D eigenvalue weighted by atomic mass is 10.1. The number of hydrogen-bond donors (Lipinski definition) is 2. The average Bonchev–Trinajstić information content (AvgIpc) is 2.92. The molecule has 1 aliphatic rings. The van der Waals surface area contributed by atoms with Gasteiger partial charge in [-0.2, -0.15) is 0 Å². The first kappa shape index (κ1) is 10.9. The smallest absolute Gasteiger partial charge is 0.0781 e. The molecule has 1 atom stereocenters. The van der Waals surface area contributed by atoms with E-state index >= 15 is 0 Å². The van der Waals surface area contributed by atoms with Crippen LogP contribution in [0.5, 0.6) is 0 Å². The van der Waals surface area contributed by atoms with Crippen molar-refractivity contribution in [2.45, 2.75) is 26.9 Å². The second-order valence-electron chi connectivity index (χ2n) is 3.65. The molecule has 4 N–H and O–H groups in total. The Morgan fingerprint density at radius 1 is 1.29 bits per heavy atom. The van der Waals surface area contributed by atoms with Crippen LogP contribution in [0.25, 0.3) is 0 Å². The van der Waals surface area contributed by atoms with Crippen molar-refractivity contribution in [2.75, 3.05) is 18.1 Å². The fourth-order valence-electron chi connectivity index (χ4n) is 0.977. The topological polar surface area (TPSA) is 64.6 Å². The minimum Gasteiger partial charge on any atom is -0.398 e. The largest absolute Gasteiger partial charge is 0.398 e. The van der Waals surface area contributed by atoms with Crippen LogP contribution >= 0.6 is 0 Å². The highest BCUT2D eigenvalue weighted by Crippen LogP contribution is 2.21. The van der Waals surface area contributed by atoms with Crippen LogP contribution in [0.15, 0.2) is 12.1 Å². The van der Waals surface area contributed by atoms with Gasteiger partial charge >= 0.3 is 0 Å². The quantitative estimate of drug-likeness (QED) is 0.489. The molecule has 1 unspecified atom stereocenters. The van der Waals surface area contributed by atoms with E-state index in [1.165, 1.54) is 0 Å². The molecule has 1 aliphatic heterocycles. The molecule has 1 heterocycles. The summed E-state index contributed by atoms with van der Waals surface area (Å²) in [5, 5.41) is 0. The standard InChI is InChI=1S/C8H12N2.C3H6O/c1-5-3-4-7(9)6(2)8(5)10;1-3-2-4-3/h3-4H,9-10H2,1-2H3;3H,2H2,1H3. The molecule has 1 aromatic carbocycles. The van der Waals surface area contributed by atoms with E-state index in [1.54, 1.807) is 0 Å². The molecule has 3 heteroatoms. The number of epoxide rings is 1. The molecule has 0 saturated carbocycles. The summed E-state index contributed by atoms with van der Waals surface area (Å²) in [4.78, 5) is 0. The van der Waals surface area contributed by atoms with Crippen LogP contribution < -0.4 is 11.5 Å². The van der Waals surface area contributed by atoms with Crippen molar-refractivity contribution in [3.8, 4) is 0 Å². The molecule has 0 aromatic heterocycles. The number of rotatable bonds is 0. The molecule has 0 bridgehead atoms. The fourth-order valence-corrected chi connectivity index (χ4v) is 0.977. The van der Waals surface area contributed by atoms with Gasteiger partial charge in [0.1, 0.15) is 0 Å². The Morgan fingerprint density at radius 2 is 1.79 bits per heavy atom. The van der Waals surface area contributed by atoms with E-state index in [0.29, 0.717) is 6.10 Å². The van der Waals surface area contributed by atoms with Gasteiger partial charge in [0, 0.05) is 11.4 Å². The van der Waals surface area contributed by atoms with Crippen molar-refractivity contribution in [1.29, 1.82) is 0 Å². The van der Waals surface area contributed by atoms with E-state index in [1.807, 2.05) is 26.0 Å². The number of nitrogen functional groups attached to an aromatic ring is 2. The van der Waals surface area contributed by atoms with Gasteiger partial charge in [-0.15, -0.1) is 0 Å². The zero-order chi connectivity index (χ0) is 10.7. The number of anilines is 2. The first-order valence-corrected chi connectivity index (χ1v) is 4.75. The molecule has 78 valence electrons. The number of ether oxygens (including phenoxy) is 1. The van der Waals surface area contributed by atoms with Crippen LogP contribution in [-0.4, -0.2) is 12.7 Å². The summed E-state index contributed by atoms with van der Waals surface area (Å²) in [7, 11) is 0. The van der Waals surface area contributed by atoms with Gasteiger partial charge in [-0.25, -0.2) is 0 Å². The summed E-state index contributed by atoms with van der Waals surface area (Å²) in [6.07, 6.45) is 0.583. The van der Waals surface area contributed by atoms with Crippen LogP contribution in [0.4, 0.5) is 11.4 Å². The van der Waals surface area contributed by atoms with Gasteiger partial charge in [0.25, 0.3) is 0 Å². The van der Waals surface area contributed by atoms with Crippen molar-refractivity contribution in [1.82, 2.24) is 0 Å². The second kappa shape index (κ2) is 4.33. The van der Waals surface area contributed by atoms with Gasteiger partial charge in [-0.3, -0.25) is 0 Å². The predicted molar refractivity (Wildman–Crippen MR) is 60.2 cm³/mol. The molecular formula is C11H18N2O. The second-order valence-corrected chi connectivity index (χ2v) is 3.65. The molecular weight excluding hydrogens is 176 g/mol. The van der Waals surface area contributed by atoms with E-state index < -0.39 is 0 Å². The van der Waals surface area contributed by atoms with E-state index in [4.69, 9.17) is 16.2 Å². The van der Waals surface area contributed by atoms with Gasteiger partial charge in [0.2, 0.25) is 0 Å². The Hall–Kier alpha value is -1.22. The van der Waals surface area contributed by atoms with Crippen LogP contribution in [-0.2, 0) is 4.74 Å². The molecule has 1 aromatic rings. The zero-order valence-electron chi connectivity index (χ0n) is 9.00. The maximum atomic E-state index is 5.70.